The lowest BCUT2D eigenvalue weighted by atomic mass is 10.2. The molecule has 0 aliphatic heterocycles. The summed E-state index contributed by atoms with van der Waals surface area (Å²) in [4.78, 5) is 15.0. The second-order valence-corrected chi connectivity index (χ2v) is 5.99. The Morgan fingerprint density at radius 1 is 1.36 bits per heavy atom. The van der Waals surface area contributed by atoms with Crippen molar-refractivity contribution in [3.8, 4) is 11.6 Å². The molecule has 2 heterocycles. The van der Waals surface area contributed by atoms with Crippen LogP contribution in [0.5, 0.6) is 11.6 Å². The fraction of sp³-hybridized carbons (Fsp3) is 0.125. The van der Waals surface area contributed by atoms with E-state index in [-0.39, 0.29) is 29.4 Å². The Bertz CT molecular complexity index is 954. The van der Waals surface area contributed by atoms with Gasteiger partial charge in [-0.1, -0.05) is 6.07 Å². The van der Waals surface area contributed by atoms with Crippen LogP contribution in [0.15, 0.2) is 34.9 Å². The number of pyridine rings is 1. The summed E-state index contributed by atoms with van der Waals surface area (Å²) in [6.45, 7) is 1.21. The van der Waals surface area contributed by atoms with E-state index in [9.17, 15) is 13.6 Å². The average molecular weight is 413 g/mol. The SMILES string of the molecule is Cc1nc2c(OCc3c(F)cccc3F)cc(Br)cn2c1OC(=O)O. The minimum atomic E-state index is -1.49. The third kappa shape index (κ3) is 3.41. The third-order valence-electron chi connectivity index (χ3n) is 3.39. The van der Waals surface area contributed by atoms with E-state index in [0.29, 0.717) is 10.2 Å². The van der Waals surface area contributed by atoms with Crippen LogP contribution in [0.25, 0.3) is 5.65 Å². The van der Waals surface area contributed by atoms with Crippen molar-refractivity contribution >= 4 is 27.7 Å². The maximum Gasteiger partial charge on any atom is 0.512 e. The summed E-state index contributed by atoms with van der Waals surface area (Å²) in [5.74, 6) is -1.23. The molecule has 1 aromatic carbocycles. The van der Waals surface area contributed by atoms with Gasteiger partial charge in [-0.25, -0.2) is 18.6 Å². The van der Waals surface area contributed by atoms with Crippen LogP contribution >= 0.6 is 15.9 Å². The van der Waals surface area contributed by atoms with Gasteiger partial charge in [0.2, 0.25) is 5.88 Å². The Morgan fingerprint density at radius 3 is 2.68 bits per heavy atom. The summed E-state index contributed by atoms with van der Waals surface area (Å²) in [5.41, 5.74) is 0.363. The standard InChI is InChI=1S/C16H11BrF2N2O4/c1-8-15(25-16(22)23)21-6-9(17)5-13(14(21)20-8)24-7-10-11(18)3-2-4-12(10)19/h2-6H,7H2,1H3,(H,22,23). The van der Waals surface area contributed by atoms with Crippen LogP contribution in [-0.4, -0.2) is 20.6 Å². The molecule has 0 saturated heterocycles. The van der Waals surface area contributed by atoms with Gasteiger partial charge < -0.3 is 14.6 Å². The predicted octanol–water partition coefficient (Wildman–Crippen LogP) is 4.32. The number of ether oxygens (including phenoxy) is 2. The zero-order chi connectivity index (χ0) is 18.1. The van der Waals surface area contributed by atoms with E-state index in [1.54, 1.807) is 19.2 Å². The van der Waals surface area contributed by atoms with Crippen molar-refractivity contribution in [2.45, 2.75) is 13.5 Å². The van der Waals surface area contributed by atoms with Gasteiger partial charge in [0.05, 0.1) is 5.56 Å². The molecule has 0 radical (unpaired) electrons. The largest absolute Gasteiger partial charge is 0.512 e. The second-order valence-electron chi connectivity index (χ2n) is 5.08. The fourth-order valence-corrected chi connectivity index (χ4v) is 2.72. The number of rotatable bonds is 4. The predicted molar refractivity (Wildman–Crippen MR) is 87.0 cm³/mol. The average Bonchev–Trinajstić information content (AvgIpc) is 2.82. The van der Waals surface area contributed by atoms with Crippen LogP contribution in [0.4, 0.5) is 13.6 Å². The molecule has 1 N–H and O–H groups in total. The van der Waals surface area contributed by atoms with Crippen LogP contribution < -0.4 is 9.47 Å². The van der Waals surface area contributed by atoms with E-state index in [1.807, 2.05) is 0 Å². The van der Waals surface area contributed by atoms with Crippen LogP contribution in [0.3, 0.4) is 0 Å². The Balaban J connectivity index is 2.00. The first kappa shape index (κ1) is 17.2. The van der Waals surface area contributed by atoms with E-state index >= 15 is 0 Å². The Morgan fingerprint density at radius 2 is 2.04 bits per heavy atom. The number of imidazole rings is 1. The molecule has 3 aromatic rings. The van der Waals surface area contributed by atoms with Crippen molar-refractivity contribution < 1.29 is 28.2 Å². The number of hydrogen-bond acceptors (Lipinski definition) is 4. The summed E-state index contributed by atoms with van der Waals surface area (Å²) in [5, 5.41) is 8.83. The van der Waals surface area contributed by atoms with Gasteiger partial charge in [0.15, 0.2) is 11.4 Å². The van der Waals surface area contributed by atoms with Gasteiger partial charge in [0.25, 0.3) is 0 Å². The quantitative estimate of drug-likeness (QED) is 0.646. The van der Waals surface area contributed by atoms with Crippen molar-refractivity contribution in [1.82, 2.24) is 9.38 Å². The van der Waals surface area contributed by atoms with Crippen LogP contribution in [-0.2, 0) is 6.61 Å². The number of carbonyl (C=O) groups is 1. The third-order valence-corrected chi connectivity index (χ3v) is 3.82. The first-order valence-corrected chi connectivity index (χ1v) is 7.80. The van der Waals surface area contributed by atoms with E-state index in [1.165, 1.54) is 10.5 Å². The molecule has 6 nitrogen and oxygen atoms in total. The van der Waals surface area contributed by atoms with Crippen molar-refractivity contribution in [2.75, 3.05) is 0 Å². The molecule has 25 heavy (non-hydrogen) atoms. The Kier molecular flexibility index (Phi) is 4.58. The van der Waals surface area contributed by atoms with Gasteiger partial charge in [0, 0.05) is 10.7 Å². The smallest absolute Gasteiger partial charge is 0.485 e. The lowest BCUT2D eigenvalue weighted by molar-refractivity contribution is 0.141. The zero-order valence-corrected chi connectivity index (χ0v) is 14.4. The maximum absolute atomic E-state index is 13.7. The first-order chi connectivity index (χ1) is 11.9. The summed E-state index contributed by atoms with van der Waals surface area (Å²) < 4.78 is 39.6. The minimum Gasteiger partial charge on any atom is -0.485 e. The molecule has 2 aromatic heterocycles. The van der Waals surface area contributed by atoms with Gasteiger partial charge in [-0.2, -0.15) is 0 Å². The maximum atomic E-state index is 13.7. The molecule has 0 atom stereocenters. The molecule has 0 amide bonds. The number of aryl methyl sites for hydroxylation is 1. The van der Waals surface area contributed by atoms with Gasteiger partial charge >= 0.3 is 6.16 Å². The number of hydrogen-bond donors (Lipinski definition) is 1. The Hall–Kier alpha value is -2.68. The molecular formula is C16H11BrF2N2O4. The Labute approximate surface area is 148 Å². The second kappa shape index (κ2) is 6.67. The van der Waals surface area contributed by atoms with E-state index in [4.69, 9.17) is 14.6 Å². The number of benzene rings is 1. The molecule has 3 rings (SSSR count). The van der Waals surface area contributed by atoms with Gasteiger partial charge in [0.1, 0.15) is 23.9 Å². The highest BCUT2D eigenvalue weighted by atomic mass is 79.9. The number of nitrogens with zero attached hydrogens (tertiary/aromatic N) is 2. The highest BCUT2D eigenvalue weighted by Crippen LogP contribution is 2.31. The van der Waals surface area contributed by atoms with Gasteiger partial charge in [-0.05, 0) is 41.1 Å². The molecule has 0 aliphatic carbocycles. The fourth-order valence-electron chi connectivity index (χ4n) is 2.31. The van der Waals surface area contributed by atoms with Crippen LogP contribution in [0.1, 0.15) is 11.3 Å². The lowest BCUT2D eigenvalue weighted by Gasteiger charge is -2.10. The van der Waals surface area contributed by atoms with Gasteiger partial charge in [-0.15, -0.1) is 0 Å². The molecule has 0 fully saturated rings. The van der Waals surface area contributed by atoms with Crippen molar-refractivity contribution in [1.29, 1.82) is 0 Å². The molecule has 0 saturated carbocycles. The normalized spacial score (nSPS) is 10.9. The number of halogens is 3. The minimum absolute atomic E-state index is 0.00530. The number of aromatic nitrogens is 2. The molecular weight excluding hydrogens is 402 g/mol. The molecule has 130 valence electrons. The number of fused-ring (bicyclic) bond motifs is 1. The van der Waals surface area contributed by atoms with Crippen LogP contribution in [0, 0.1) is 18.6 Å². The molecule has 9 heteroatoms. The summed E-state index contributed by atoms with van der Waals surface area (Å²) in [6.07, 6.45) is 0.0604. The number of carboxylic acid groups (broad SMARTS) is 1. The highest BCUT2D eigenvalue weighted by molar-refractivity contribution is 9.10. The van der Waals surface area contributed by atoms with Gasteiger partial charge in [-0.3, -0.25) is 4.40 Å². The summed E-state index contributed by atoms with van der Waals surface area (Å²) in [6, 6.07) is 5.09. The highest BCUT2D eigenvalue weighted by Gasteiger charge is 2.18. The summed E-state index contributed by atoms with van der Waals surface area (Å²) in [7, 11) is 0. The van der Waals surface area contributed by atoms with Crippen molar-refractivity contribution in [2.24, 2.45) is 0 Å². The van der Waals surface area contributed by atoms with Crippen molar-refractivity contribution in [3.05, 3.63) is 57.8 Å². The molecule has 0 aliphatic rings. The monoisotopic (exact) mass is 412 g/mol. The molecule has 0 bridgehead atoms. The topological polar surface area (TPSA) is 73.1 Å². The van der Waals surface area contributed by atoms with E-state index in [0.717, 1.165) is 12.1 Å². The molecule has 0 unspecified atom stereocenters. The molecule has 0 spiro atoms. The summed E-state index contributed by atoms with van der Waals surface area (Å²) >= 11 is 3.27. The van der Waals surface area contributed by atoms with E-state index in [2.05, 4.69) is 20.9 Å². The lowest BCUT2D eigenvalue weighted by Crippen LogP contribution is -2.06. The van der Waals surface area contributed by atoms with Crippen LogP contribution in [0.2, 0.25) is 0 Å². The first-order valence-electron chi connectivity index (χ1n) is 7.01. The van der Waals surface area contributed by atoms with E-state index < -0.39 is 17.8 Å². The van der Waals surface area contributed by atoms with Crippen molar-refractivity contribution in [3.63, 3.8) is 0 Å². The zero-order valence-electron chi connectivity index (χ0n) is 12.8.